The van der Waals surface area contributed by atoms with Crippen LogP contribution < -0.4 is 0 Å². The van der Waals surface area contributed by atoms with Gasteiger partial charge >= 0.3 is 0 Å². The monoisotopic (exact) mass is 389 g/mol. The van der Waals surface area contributed by atoms with Crippen LogP contribution in [0.15, 0.2) is 24.3 Å². The Morgan fingerprint density at radius 2 is 1.68 bits per heavy atom. The molecule has 6 heteroatoms. The van der Waals surface area contributed by atoms with Gasteiger partial charge in [-0.3, -0.25) is 14.6 Å². The van der Waals surface area contributed by atoms with Crippen molar-refractivity contribution in [2.24, 2.45) is 0 Å². The van der Waals surface area contributed by atoms with E-state index >= 15 is 0 Å². The first-order valence-corrected chi connectivity index (χ1v) is 10.8. The van der Waals surface area contributed by atoms with Crippen LogP contribution in [0.4, 0.5) is 4.39 Å². The molecule has 4 rings (SSSR count). The third kappa shape index (κ3) is 4.39. The summed E-state index contributed by atoms with van der Waals surface area (Å²) < 4.78 is 13.1. The zero-order chi connectivity index (χ0) is 19.6. The third-order valence-electron chi connectivity index (χ3n) is 6.72. The topological polar surface area (TPSA) is 47.0 Å². The van der Waals surface area contributed by atoms with Gasteiger partial charge < -0.3 is 10.0 Å². The second-order valence-electron chi connectivity index (χ2n) is 8.74. The molecule has 0 spiro atoms. The third-order valence-corrected chi connectivity index (χ3v) is 6.72. The first kappa shape index (κ1) is 19.8. The molecule has 2 saturated heterocycles. The largest absolute Gasteiger partial charge is 0.379 e. The van der Waals surface area contributed by atoms with E-state index in [4.69, 9.17) is 0 Å². The highest BCUT2D eigenvalue weighted by atomic mass is 19.1. The molecule has 2 aliphatic heterocycles. The summed E-state index contributed by atoms with van der Waals surface area (Å²) in [5.41, 5.74) is -0.405. The van der Waals surface area contributed by atoms with Crippen molar-refractivity contribution in [2.75, 3.05) is 39.3 Å². The molecular weight excluding hydrogens is 357 g/mol. The molecule has 1 amide bonds. The van der Waals surface area contributed by atoms with E-state index in [0.29, 0.717) is 26.1 Å². The lowest BCUT2D eigenvalue weighted by Gasteiger charge is -2.44. The lowest BCUT2D eigenvalue weighted by atomic mass is 9.90. The number of likely N-dealkylation sites (tertiary alicyclic amines) is 1. The Balaban J connectivity index is 1.33. The minimum atomic E-state index is -1.30. The molecule has 0 aromatic heterocycles. The summed E-state index contributed by atoms with van der Waals surface area (Å²) in [6.45, 7) is 5.41. The van der Waals surface area contributed by atoms with Gasteiger partial charge in [0.2, 0.25) is 0 Å². The van der Waals surface area contributed by atoms with Crippen LogP contribution in [-0.4, -0.2) is 76.6 Å². The van der Waals surface area contributed by atoms with Crippen molar-refractivity contribution in [3.05, 3.63) is 35.6 Å². The Morgan fingerprint density at radius 3 is 2.36 bits per heavy atom. The van der Waals surface area contributed by atoms with Crippen molar-refractivity contribution in [2.45, 2.75) is 56.7 Å². The zero-order valence-electron chi connectivity index (χ0n) is 16.7. The van der Waals surface area contributed by atoms with Crippen LogP contribution in [0.25, 0.3) is 0 Å². The Bertz CT molecular complexity index is 669. The van der Waals surface area contributed by atoms with E-state index < -0.39 is 5.60 Å². The summed E-state index contributed by atoms with van der Waals surface area (Å²) in [6.07, 6.45) is 6.66. The second-order valence-corrected chi connectivity index (χ2v) is 8.74. The molecule has 1 aromatic carbocycles. The molecule has 3 fully saturated rings. The van der Waals surface area contributed by atoms with Crippen LogP contribution >= 0.6 is 0 Å². The molecule has 5 nitrogen and oxygen atoms in total. The van der Waals surface area contributed by atoms with E-state index in [1.807, 2.05) is 0 Å². The molecule has 28 heavy (non-hydrogen) atoms. The van der Waals surface area contributed by atoms with E-state index in [-0.39, 0.29) is 11.7 Å². The summed E-state index contributed by atoms with van der Waals surface area (Å²) in [5, 5.41) is 11.2. The predicted octanol–water partition coefficient (Wildman–Crippen LogP) is 2.24. The van der Waals surface area contributed by atoms with Gasteiger partial charge in [0.25, 0.3) is 5.91 Å². The number of carbonyl (C=O) groups is 1. The van der Waals surface area contributed by atoms with E-state index in [0.717, 1.165) is 44.2 Å². The van der Waals surface area contributed by atoms with Gasteiger partial charge in [-0.1, -0.05) is 25.0 Å². The highest BCUT2D eigenvalue weighted by Gasteiger charge is 2.43. The summed E-state index contributed by atoms with van der Waals surface area (Å²) >= 11 is 0. The molecule has 1 saturated carbocycles. The SMILES string of the molecule is O=C1N(Cc2ccc(F)cc2)CCCC1(O)CN1CCN(C2CCCC2)CC1. The van der Waals surface area contributed by atoms with Crippen LogP contribution in [0, 0.1) is 5.82 Å². The van der Waals surface area contributed by atoms with Gasteiger partial charge in [0, 0.05) is 51.9 Å². The van der Waals surface area contributed by atoms with E-state index in [2.05, 4.69) is 9.80 Å². The van der Waals surface area contributed by atoms with Gasteiger partial charge in [0.15, 0.2) is 5.60 Å². The van der Waals surface area contributed by atoms with Gasteiger partial charge in [-0.2, -0.15) is 0 Å². The van der Waals surface area contributed by atoms with Crippen molar-refractivity contribution < 1.29 is 14.3 Å². The second kappa shape index (κ2) is 8.47. The maximum Gasteiger partial charge on any atom is 0.256 e. The lowest BCUT2D eigenvalue weighted by Crippen LogP contribution is -2.60. The number of hydrogen-bond acceptors (Lipinski definition) is 4. The Morgan fingerprint density at radius 1 is 1.00 bits per heavy atom. The number of hydrogen-bond donors (Lipinski definition) is 1. The molecular formula is C22H32FN3O2. The van der Waals surface area contributed by atoms with Crippen LogP contribution in [-0.2, 0) is 11.3 Å². The van der Waals surface area contributed by atoms with Gasteiger partial charge in [0.1, 0.15) is 5.82 Å². The standard InChI is InChI=1S/C22H32FN3O2/c23-19-8-6-18(7-9-19)16-26-11-3-10-22(28,21(26)27)17-24-12-14-25(15-13-24)20-4-1-2-5-20/h6-9,20,28H,1-5,10-17H2. The quantitative estimate of drug-likeness (QED) is 0.839. The summed E-state index contributed by atoms with van der Waals surface area (Å²) in [5.74, 6) is -0.455. The molecule has 0 radical (unpaired) electrons. The Labute approximate surface area is 167 Å². The number of β-amino-alcohol motifs (C(OH)–C–C–N with tert-alkyl or cyclic N) is 1. The number of halogens is 1. The number of rotatable bonds is 5. The maximum absolute atomic E-state index is 13.1. The van der Waals surface area contributed by atoms with Crippen LogP contribution in [0.5, 0.6) is 0 Å². The number of piperidine rings is 1. The fraction of sp³-hybridized carbons (Fsp3) is 0.682. The molecule has 154 valence electrons. The van der Waals surface area contributed by atoms with Crippen molar-refractivity contribution in [3.8, 4) is 0 Å². The van der Waals surface area contributed by atoms with Crippen molar-refractivity contribution in [3.63, 3.8) is 0 Å². The molecule has 1 aliphatic carbocycles. The Kier molecular flexibility index (Phi) is 5.99. The first-order chi connectivity index (χ1) is 13.5. The van der Waals surface area contributed by atoms with Crippen molar-refractivity contribution >= 4 is 5.91 Å². The number of nitrogens with zero attached hydrogens (tertiary/aromatic N) is 3. The van der Waals surface area contributed by atoms with Gasteiger partial charge in [-0.25, -0.2) is 4.39 Å². The maximum atomic E-state index is 13.1. The fourth-order valence-electron chi connectivity index (χ4n) is 5.10. The molecule has 3 aliphatic rings. The Hall–Kier alpha value is -1.50. The van der Waals surface area contributed by atoms with Gasteiger partial charge in [-0.15, -0.1) is 0 Å². The fourth-order valence-corrected chi connectivity index (χ4v) is 5.10. The lowest BCUT2D eigenvalue weighted by molar-refractivity contribution is -0.160. The summed E-state index contributed by atoms with van der Waals surface area (Å²) in [4.78, 5) is 19.6. The predicted molar refractivity (Wildman–Crippen MR) is 106 cm³/mol. The highest BCUT2D eigenvalue weighted by molar-refractivity contribution is 5.86. The van der Waals surface area contributed by atoms with Gasteiger partial charge in [0.05, 0.1) is 0 Å². The number of aliphatic hydroxyl groups is 1. The molecule has 1 atom stereocenters. The minimum absolute atomic E-state index is 0.179. The molecule has 1 unspecified atom stereocenters. The van der Waals surface area contributed by atoms with Crippen molar-refractivity contribution in [1.29, 1.82) is 0 Å². The normalized spacial score (nSPS) is 28.2. The van der Waals surface area contributed by atoms with Crippen LogP contribution in [0.1, 0.15) is 44.1 Å². The summed E-state index contributed by atoms with van der Waals surface area (Å²) in [7, 11) is 0. The molecule has 0 bridgehead atoms. The van der Waals surface area contributed by atoms with Crippen LogP contribution in [0.3, 0.4) is 0 Å². The minimum Gasteiger partial charge on any atom is -0.379 e. The smallest absolute Gasteiger partial charge is 0.256 e. The number of benzene rings is 1. The van der Waals surface area contributed by atoms with E-state index in [9.17, 15) is 14.3 Å². The van der Waals surface area contributed by atoms with Crippen LogP contribution in [0.2, 0.25) is 0 Å². The molecule has 2 heterocycles. The van der Waals surface area contributed by atoms with E-state index in [1.165, 1.54) is 37.8 Å². The summed E-state index contributed by atoms with van der Waals surface area (Å²) in [6, 6.07) is 6.99. The number of piperazine rings is 1. The number of carbonyl (C=O) groups excluding carboxylic acids is 1. The average Bonchev–Trinajstić information content (AvgIpc) is 3.23. The first-order valence-electron chi connectivity index (χ1n) is 10.8. The average molecular weight is 390 g/mol. The molecule has 1 N–H and O–H groups in total. The number of amides is 1. The molecule has 1 aromatic rings. The van der Waals surface area contributed by atoms with Gasteiger partial charge in [-0.05, 0) is 43.4 Å². The van der Waals surface area contributed by atoms with E-state index in [1.54, 1.807) is 17.0 Å². The highest BCUT2D eigenvalue weighted by Crippen LogP contribution is 2.28. The van der Waals surface area contributed by atoms with Crippen molar-refractivity contribution in [1.82, 2.24) is 14.7 Å². The zero-order valence-corrected chi connectivity index (χ0v) is 16.7.